The van der Waals surface area contributed by atoms with Crippen molar-refractivity contribution in [3.8, 4) is 28.6 Å². The van der Waals surface area contributed by atoms with Gasteiger partial charge in [-0.3, -0.25) is 4.79 Å². The zero-order chi connectivity index (χ0) is 26.5. The normalized spacial score (nSPS) is 11.0. The van der Waals surface area contributed by atoms with E-state index in [0.717, 1.165) is 11.1 Å². The highest BCUT2D eigenvalue weighted by Crippen LogP contribution is 2.37. The van der Waals surface area contributed by atoms with Crippen LogP contribution in [0.1, 0.15) is 26.3 Å². The van der Waals surface area contributed by atoms with Crippen molar-refractivity contribution in [3.63, 3.8) is 0 Å². The third kappa shape index (κ3) is 5.06. The SMILES string of the molecule is COc1ccc2oc(-c3ccccc3)c(C(=O)Oc3ccc(/C=C/C(=O)c4ccccc4)cc3OC)c2c1. The molecule has 6 nitrogen and oxygen atoms in total. The summed E-state index contributed by atoms with van der Waals surface area (Å²) in [6.45, 7) is 0. The van der Waals surface area contributed by atoms with Gasteiger partial charge in [-0.1, -0.05) is 72.8 Å². The largest absolute Gasteiger partial charge is 0.497 e. The average molecular weight is 505 g/mol. The molecule has 0 atom stereocenters. The quantitative estimate of drug-likeness (QED) is 0.0960. The molecule has 0 aliphatic rings. The summed E-state index contributed by atoms with van der Waals surface area (Å²) >= 11 is 0. The zero-order valence-corrected chi connectivity index (χ0v) is 20.8. The number of methoxy groups -OCH3 is 2. The molecule has 0 saturated carbocycles. The molecule has 0 amide bonds. The predicted molar refractivity (Wildman–Crippen MR) is 146 cm³/mol. The smallest absolute Gasteiger partial charge is 0.348 e. The van der Waals surface area contributed by atoms with Crippen molar-refractivity contribution < 1.29 is 28.2 Å². The molecule has 0 saturated heterocycles. The molecule has 4 aromatic carbocycles. The Hall–Kier alpha value is -5.10. The lowest BCUT2D eigenvalue weighted by Crippen LogP contribution is -2.10. The number of rotatable bonds is 8. The lowest BCUT2D eigenvalue weighted by molar-refractivity contribution is 0.0731. The Labute approximate surface area is 219 Å². The fraction of sp³-hybridized carbons (Fsp3) is 0.0625. The molecular formula is C32H24O6. The highest BCUT2D eigenvalue weighted by Gasteiger charge is 2.25. The molecule has 188 valence electrons. The van der Waals surface area contributed by atoms with E-state index in [0.29, 0.717) is 33.8 Å². The third-order valence-corrected chi connectivity index (χ3v) is 6.01. The van der Waals surface area contributed by atoms with Gasteiger partial charge in [0.05, 0.1) is 14.2 Å². The van der Waals surface area contributed by atoms with E-state index < -0.39 is 5.97 Å². The Morgan fingerprint density at radius 1 is 0.763 bits per heavy atom. The molecule has 0 radical (unpaired) electrons. The van der Waals surface area contributed by atoms with Crippen LogP contribution in [-0.2, 0) is 0 Å². The van der Waals surface area contributed by atoms with Crippen LogP contribution in [0.3, 0.4) is 0 Å². The number of hydrogen-bond acceptors (Lipinski definition) is 6. The summed E-state index contributed by atoms with van der Waals surface area (Å²) < 4.78 is 22.8. The number of carbonyl (C=O) groups excluding carboxylic acids is 2. The van der Waals surface area contributed by atoms with E-state index in [1.54, 1.807) is 61.7 Å². The van der Waals surface area contributed by atoms with E-state index in [1.807, 2.05) is 48.5 Å². The summed E-state index contributed by atoms with van der Waals surface area (Å²) in [7, 11) is 3.05. The van der Waals surface area contributed by atoms with Crippen LogP contribution in [0, 0.1) is 0 Å². The lowest BCUT2D eigenvalue weighted by Gasteiger charge is -2.10. The maximum Gasteiger partial charge on any atom is 0.348 e. The van der Waals surface area contributed by atoms with Gasteiger partial charge in [-0.15, -0.1) is 0 Å². The third-order valence-electron chi connectivity index (χ3n) is 6.01. The van der Waals surface area contributed by atoms with Gasteiger partial charge in [-0.25, -0.2) is 4.79 Å². The van der Waals surface area contributed by atoms with Crippen molar-refractivity contribution in [2.24, 2.45) is 0 Å². The average Bonchev–Trinajstić information content (AvgIpc) is 3.36. The van der Waals surface area contributed by atoms with Crippen LogP contribution in [0.2, 0.25) is 0 Å². The fourth-order valence-corrected chi connectivity index (χ4v) is 4.09. The van der Waals surface area contributed by atoms with Crippen molar-refractivity contribution >= 4 is 28.8 Å². The second-order valence-corrected chi connectivity index (χ2v) is 8.40. The van der Waals surface area contributed by atoms with Gasteiger partial charge in [0, 0.05) is 16.5 Å². The summed E-state index contributed by atoms with van der Waals surface area (Å²) in [5.74, 6) is 0.856. The first-order valence-electron chi connectivity index (χ1n) is 11.9. The van der Waals surface area contributed by atoms with Gasteiger partial charge in [0.25, 0.3) is 0 Å². The van der Waals surface area contributed by atoms with Crippen molar-refractivity contribution in [3.05, 3.63) is 120 Å². The molecule has 0 spiro atoms. The lowest BCUT2D eigenvalue weighted by atomic mass is 10.1. The van der Waals surface area contributed by atoms with E-state index in [-0.39, 0.29) is 17.1 Å². The minimum atomic E-state index is -0.600. The summed E-state index contributed by atoms with van der Waals surface area (Å²) in [6.07, 6.45) is 3.18. The summed E-state index contributed by atoms with van der Waals surface area (Å²) in [5, 5.41) is 0.575. The van der Waals surface area contributed by atoms with Crippen molar-refractivity contribution in [2.75, 3.05) is 14.2 Å². The number of benzene rings is 4. The molecule has 5 rings (SSSR count). The van der Waals surface area contributed by atoms with Crippen molar-refractivity contribution in [1.82, 2.24) is 0 Å². The molecular weight excluding hydrogens is 480 g/mol. The molecule has 0 bridgehead atoms. The number of fused-ring (bicyclic) bond motifs is 1. The standard InChI is InChI=1S/C32H24O6/c1-35-24-15-18-27-25(20-24)30(31(37-27)23-11-7-4-8-12-23)32(34)38-28-17-14-21(19-29(28)36-2)13-16-26(33)22-9-5-3-6-10-22/h3-20H,1-2H3/b16-13+. The predicted octanol–water partition coefficient (Wildman–Crippen LogP) is 7.23. The minimum Gasteiger partial charge on any atom is -0.497 e. The molecule has 1 heterocycles. The molecule has 1 aromatic heterocycles. The molecule has 0 aliphatic heterocycles. The fourth-order valence-electron chi connectivity index (χ4n) is 4.09. The van der Waals surface area contributed by atoms with Crippen molar-refractivity contribution in [2.45, 2.75) is 0 Å². The van der Waals surface area contributed by atoms with Crippen LogP contribution < -0.4 is 14.2 Å². The summed E-state index contributed by atoms with van der Waals surface area (Å²) in [6, 6.07) is 28.7. The van der Waals surface area contributed by atoms with Gasteiger partial charge in [-0.2, -0.15) is 0 Å². The Morgan fingerprint density at radius 2 is 1.50 bits per heavy atom. The van der Waals surface area contributed by atoms with E-state index in [9.17, 15) is 9.59 Å². The molecule has 0 unspecified atom stereocenters. The number of carbonyl (C=O) groups is 2. The Morgan fingerprint density at radius 3 is 2.21 bits per heavy atom. The van der Waals surface area contributed by atoms with Gasteiger partial charge >= 0.3 is 5.97 Å². The van der Waals surface area contributed by atoms with Gasteiger partial charge in [0.15, 0.2) is 17.3 Å². The van der Waals surface area contributed by atoms with Crippen LogP contribution in [-0.4, -0.2) is 26.0 Å². The van der Waals surface area contributed by atoms with Crippen LogP contribution in [0.4, 0.5) is 0 Å². The number of allylic oxidation sites excluding steroid dienone is 1. The molecule has 0 fully saturated rings. The first-order chi connectivity index (χ1) is 18.6. The Kier molecular flexibility index (Phi) is 7.04. The van der Waals surface area contributed by atoms with Crippen LogP contribution in [0.25, 0.3) is 28.4 Å². The van der Waals surface area contributed by atoms with E-state index in [2.05, 4.69) is 0 Å². The Balaban J connectivity index is 1.46. The number of esters is 1. The second kappa shape index (κ2) is 10.9. The number of furan rings is 1. The van der Waals surface area contributed by atoms with Gasteiger partial charge in [0.1, 0.15) is 22.7 Å². The van der Waals surface area contributed by atoms with E-state index in [4.69, 9.17) is 18.6 Å². The highest BCUT2D eigenvalue weighted by atomic mass is 16.6. The highest BCUT2D eigenvalue weighted by molar-refractivity contribution is 6.10. The van der Waals surface area contributed by atoms with Crippen molar-refractivity contribution in [1.29, 1.82) is 0 Å². The number of hydrogen-bond donors (Lipinski definition) is 0. The second-order valence-electron chi connectivity index (χ2n) is 8.40. The first-order valence-corrected chi connectivity index (χ1v) is 11.9. The van der Waals surface area contributed by atoms with Crippen LogP contribution in [0.5, 0.6) is 17.2 Å². The maximum atomic E-state index is 13.6. The van der Waals surface area contributed by atoms with Crippen LogP contribution in [0.15, 0.2) is 108 Å². The molecule has 0 N–H and O–H groups in total. The van der Waals surface area contributed by atoms with Gasteiger partial charge < -0.3 is 18.6 Å². The molecule has 38 heavy (non-hydrogen) atoms. The first kappa shape index (κ1) is 24.6. The summed E-state index contributed by atoms with van der Waals surface area (Å²) in [4.78, 5) is 26.0. The van der Waals surface area contributed by atoms with Gasteiger partial charge in [0.2, 0.25) is 0 Å². The summed E-state index contributed by atoms with van der Waals surface area (Å²) in [5.41, 5.74) is 2.87. The zero-order valence-electron chi connectivity index (χ0n) is 20.8. The topological polar surface area (TPSA) is 75.0 Å². The van der Waals surface area contributed by atoms with Crippen LogP contribution >= 0.6 is 0 Å². The van der Waals surface area contributed by atoms with E-state index >= 15 is 0 Å². The minimum absolute atomic E-state index is 0.115. The monoisotopic (exact) mass is 504 g/mol. The molecule has 0 aliphatic carbocycles. The van der Waals surface area contributed by atoms with Gasteiger partial charge in [-0.05, 0) is 42.0 Å². The molecule has 5 aromatic rings. The number of ketones is 1. The molecule has 6 heteroatoms. The maximum absolute atomic E-state index is 13.6. The number of ether oxygens (including phenoxy) is 3. The van der Waals surface area contributed by atoms with E-state index in [1.165, 1.54) is 13.2 Å². The Bertz CT molecular complexity index is 1630.